The molecule has 1 saturated carbocycles. The fourth-order valence-corrected chi connectivity index (χ4v) is 3.53. The fourth-order valence-electron chi connectivity index (χ4n) is 3.53. The predicted molar refractivity (Wildman–Crippen MR) is 104 cm³/mol. The zero-order chi connectivity index (χ0) is 18.6. The third kappa shape index (κ3) is 4.14. The van der Waals surface area contributed by atoms with Gasteiger partial charge in [0.2, 0.25) is 5.56 Å². The third-order valence-corrected chi connectivity index (χ3v) is 4.97. The maximum atomic E-state index is 11.6. The number of hydrogen-bond acceptors (Lipinski definition) is 4. The van der Waals surface area contributed by atoms with Crippen molar-refractivity contribution in [1.82, 2.24) is 4.98 Å². The van der Waals surface area contributed by atoms with Crippen molar-refractivity contribution in [3.63, 3.8) is 0 Å². The van der Waals surface area contributed by atoms with Crippen LogP contribution in [0.2, 0.25) is 0 Å². The maximum absolute atomic E-state index is 11.6. The van der Waals surface area contributed by atoms with Gasteiger partial charge in [0.25, 0.3) is 0 Å². The summed E-state index contributed by atoms with van der Waals surface area (Å²) in [5.74, 6) is 1.38. The molecule has 0 saturated heterocycles. The van der Waals surface area contributed by atoms with Gasteiger partial charge in [0.1, 0.15) is 24.2 Å². The number of aromatic amines is 1. The number of H-pyrrole nitrogens is 1. The van der Waals surface area contributed by atoms with Crippen molar-refractivity contribution in [2.24, 2.45) is 0 Å². The van der Waals surface area contributed by atoms with Crippen molar-refractivity contribution in [1.29, 1.82) is 0 Å². The van der Waals surface area contributed by atoms with Gasteiger partial charge in [-0.05, 0) is 49.1 Å². The lowest BCUT2D eigenvalue weighted by Gasteiger charge is -2.28. The van der Waals surface area contributed by atoms with Crippen molar-refractivity contribution in [2.75, 3.05) is 0 Å². The Kier molecular flexibility index (Phi) is 5.12. The van der Waals surface area contributed by atoms with E-state index in [1.54, 1.807) is 6.07 Å². The minimum absolute atomic E-state index is 0.141. The monoisotopic (exact) mass is 365 g/mol. The molecule has 0 aliphatic heterocycles. The Morgan fingerprint density at radius 2 is 1.89 bits per heavy atom. The molecule has 140 valence electrons. The number of aliphatic hydroxyl groups excluding tert-OH is 1. The van der Waals surface area contributed by atoms with Gasteiger partial charge in [-0.2, -0.15) is 0 Å². The number of rotatable bonds is 5. The predicted octanol–water partition coefficient (Wildman–Crippen LogP) is 3.79. The second kappa shape index (κ2) is 7.84. The van der Waals surface area contributed by atoms with Crippen molar-refractivity contribution < 1.29 is 14.6 Å². The molecule has 0 spiro atoms. The standard InChI is InChI=1S/C22H23NO4/c24-18-8-1-2-9-19(18)27-17-7-3-5-15(13-17)14-26-20-10-4-6-16-11-12-21(25)23-22(16)20/h3-7,10-13,18-19,24H,1-2,8-9,14H2,(H,23,25). The molecule has 2 aromatic carbocycles. The Balaban J connectivity index is 1.47. The van der Waals surface area contributed by atoms with Crippen LogP contribution in [0.4, 0.5) is 0 Å². The number of hydrogen-bond donors (Lipinski definition) is 2. The highest BCUT2D eigenvalue weighted by Crippen LogP contribution is 2.26. The summed E-state index contributed by atoms with van der Waals surface area (Å²) in [5, 5.41) is 11.0. The Morgan fingerprint density at radius 1 is 1.04 bits per heavy atom. The molecule has 1 aliphatic carbocycles. The van der Waals surface area contributed by atoms with Gasteiger partial charge in [-0.25, -0.2) is 0 Å². The lowest BCUT2D eigenvalue weighted by atomic mass is 9.95. The molecule has 3 aromatic rings. The molecule has 2 N–H and O–H groups in total. The summed E-state index contributed by atoms with van der Waals surface area (Å²) in [7, 11) is 0. The Bertz CT molecular complexity index is 981. The highest BCUT2D eigenvalue weighted by molar-refractivity contribution is 5.84. The number of para-hydroxylation sites is 1. The molecule has 1 aliphatic rings. The van der Waals surface area contributed by atoms with Gasteiger partial charge in [0.15, 0.2) is 0 Å². The quantitative estimate of drug-likeness (QED) is 0.722. The second-order valence-electron chi connectivity index (χ2n) is 6.99. The smallest absolute Gasteiger partial charge is 0.248 e. The number of ether oxygens (including phenoxy) is 2. The van der Waals surface area contributed by atoms with Crippen LogP contribution < -0.4 is 15.0 Å². The molecular weight excluding hydrogens is 342 g/mol. The van der Waals surface area contributed by atoms with E-state index in [1.165, 1.54) is 6.07 Å². The molecule has 0 bridgehead atoms. The van der Waals surface area contributed by atoms with E-state index in [1.807, 2.05) is 42.5 Å². The van der Waals surface area contributed by atoms with E-state index in [-0.39, 0.29) is 11.7 Å². The average Bonchev–Trinajstić information content (AvgIpc) is 2.68. The second-order valence-corrected chi connectivity index (χ2v) is 6.99. The zero-order valence-corrected chi connectivity index (χ0v) is 15.1. The molecule has 1 heterocycles. The summed E-state index contributed by atoms with van der Waals surface area (Å²) < 4.78 is 11.9. The molecule has 5 heteroatoms. The Labute approximate surface area is 157 Å². The van der Waals surface area contributed by atoms with E-state index in [9.17, 15) is 9.90 Å². The van der Waals surface area contributed by atoms with Crippen LogP contribution in [0, 0.1) is 0 Å². The van der Waals surface area contributed by atoms with E-state index in [0.717, 1.165) is 42.4 Å². The lowest BCUT2D eigenvalue weighted by Crippen LogP contribution is -2.34. The number of benzene rings is 2. The number of aromatic nitrogens is 1. The van der Waals surface area contributed by atoms with Crippen LogP contribution in [0.25, 0.3) is 10.9 Å². The highest BCUT2D eigenvalue weighted by atomic mass is 16.5. The minimum atomic E-state index is -0.397. The summed E-state index contributed by atoms with van der Waals surface area (Å²) in [4.78, 5) is 14.5. The van der Waals surface area contributed by atoms with Crippen LogP contribution in [0.15, 0.2) is 59.4 Å². The Hall–Kier alpha value is -2.79. The first-order valence-electron chi connectivity index (χ1n) is 9.37. The molecule has 1 fully saturated rings. The molecule has 2 unspecified atom stereocenters. The van der Waals surface area contributed by atoms with E-state index >= 15 is 0 Å². The Morgan fingerprint density at radius 3 is 2.78 bits per heavy atom. The summed E-state index contributed by atoms with van der Waals surface area (Å²) >= 11 is 0. The lowest BCUT2D eigenvalue weighted by molar-refractivity contribution is 0.00681. The largest absolute Gasteiger partial charge is 0.488 e. The van der Waals surface area contributed by atoms with Gasteiger partial charge in [0, 0.05) is 11.5 Å². The van der Waals surface area contributed by atoms with E-state index in [0.29, 0.717) is 17.9 Å². The fraction of sp³-hybridized carbons (Fsp3) is 0.318. The van der Waals surface area contributed by atoms with Gasteiger partial charge in [-0.1, -0.05) is 30.7 Å². The third-order valence-electron chi connectivity index (χ3n) is 4.97. The summed E-state index contributed by atoms with van der Waals surface area (Å²) in [5.41, 5.74) is 1.51. The van der Waals surface area contributed by atoms with Gasteiger partial charge >= 0.3 is 0 Å². The minimum Gasteiger partial charge on any atom is -0.488 e. The number of aliphatic hydroxyl groups is 1. The number of nitrogens with one attached hydrogen (secondary N) is 1. The van der Waals surface area contributed by atoms with Crippen molar-refractivity contribution in [3.8, 4) is 11.5 Å². The average molecular weight is 365 g/mol. The van der Waals surface area contributed by atoms with Gasteiger partial charge < -0.3 is 19.6 Å². The van der Waals surface area contributed by atoms with Crippen LogP contribution in [-0.4, -0.2) is 22.3 Å². The topological polar surface area (TPSA) is 71.6 Å². The van der Waals surface area contributed by atoms with E-state index < -0.39 is 6.10 Å². The van der Waals surface area contributed by atoms with Crippen molar-refractivity contribution >= 4 is 10.9 Å². The van der Waals surface area contributed by atoms with Crippen molar-refractivity contribution in [3.05, 3.63) is 70.5 Å². The van der Waals surface area contributed by atoms with Crippen LogP contribution in [0.1, 0.15) is 31.2 Å². The molecular formula is C22H23NO4. The summed E-state index contributed by atoms with van der Waals surface area (Å²) in [6, 6.07) is 16.7. The SMILES string of the molecule is O=c1ccc2cccc(OCc3cccc(OC4CCCCC4O)c3)c2[nH]1. The van der Waals surface area contributed by atoms with E-state index in [4.69, 9.17) is 9.47 Å². The van der Waals surface area contributed by atoms with E-state index in [2.05, 4.69) is 4.98 Å². The molecule has 4 rings (SSSR count). The summed E-state index contributed by atoms with van der Waals surface area (Å²) in [6.07, 6.45) is 3.29. The zero-order valence-electron chi connectivity index (χ0n) is 15.1. The van der Waals surface area contributed by atoms with Gasteiger partial charge in [-0.3, -0.25) is 4.79 Å². The summed E-state index contributed by atoms with van der Waals surface area (Å²) in [6.45, 7) is 0.362. The van der Waals surface area contributed by atoms with Crippen LogP contribution >= 0.6 is 0 Å². The van der Waals surface area contributed by atoms with Gasteiger partial charge in [0.05, 0.1) is 11.6 Å². The molecule has 2 atom stereocenters. The van der Waals surface area contributed by atoms with Crippen LogP contribution in [0.3, 0.4) is 0 Å². The molecule has 1 aromatic heterocycles. The van der Waals surface area contributed by atoms with Gasteiger partial charge in [-0.15, -0.1) is 0 Å². The number of fused-ring (bicyclic) bond motifs is 1. The maximum Gasteiger partial charge on any atom is 0.248 e. The molecule has 5 nitrogen and oxygen atoms in total. The molecule has 0 radical (unpaired) electrons. The molecule has 0 amide bonds. The highest BCUT2D eigenvalue weighted by Gasteiger charge is 2.24. The first-order chi connectivity index (χ1) is 13.2. The van der Waals surface area contributed by atoms with Crippen LogP contribution in [-0.2, 0) is 6.61 Å². The molecule has 27 heavy (non-hydrogen) atoms. The number of pyridine rings is 1. The first kappa shape index (κ1) is 17.6. The van der Waals surface area contributed by atoms with Crippen molar-refractivity contribution in [2.45, 2.75) is 44.5 Å². The normalized spacial score (nSPS) is 19.7. The first-order valence-corrected chi connectivity index (χ1v) is 9.37. The van der Waals surface area contributed by atoms with Crippen LogP contribution in [0.5, 0.6) is 11.5 Å².